The van der Waals surface area contributed by atoms with E-state index in [2.05, 4.69) is 55.7 Å². The standard InChI is InChI=1S/C23H23ClN2O/c1-23(2,3)18-9-7-16(8-10-18)17-5-4-6-21(15-17)26-22(27)25-20-13-11-19(24)12-14-20/h4-15H,1-3H3,(H2,25,26,27). The van der Waals surface area contributed by atoms with Crippen molar-refractivity contribution in [1.29, 1.82) is 0 Å². The third kappa shape index (κ3) is 5.11. The third-order valence-electron chi connectivity index (χ3n) is 4.31. The quantitative estimate of drug-likeness (QED) is 0.508. The number of rotatable bonds is 3. The van der Waals surface area contributed by atoms with Gasteiger partial charge in [0.25, 0.3) is 0 Å². The van der Waals surface area contributed by atoms with Crippen molar-refractivity contribution in [3.8, 4) is 11.1 Å². The molecule has 4 heteroatoms. The minimum Gasteiger partial charge on any atom is -0.308 e. The lowest BCUT2D eigenvalue weighted by Gasteiger charge is -2.19. The molecule has 3 nitrogen and oxygen atoms in total. The molecule has 0 saturated heterocycles. The number of halogens is 1. The Morgan fingerprint density at radius 3 is 2.04 bits per heavy atom. The highest BCUT2D eigenvalue weighted by atomic mass is 35.5. The minimum absolute atomic E-state index is 0.127. The molecule has 138 valence electrons. The van der Waals surface area contributed by atoms with E-state index in [0.29, 0.717) is 10.7 Å². The van der Waals surface area contributed by atoms with Gasteiger partial charge in [0.05, 0.1) is 0 Å². The molecule has 0 aliphatic heterocycles. The summed E-state index contributed by atoms with van der Waals surface area (Å²) in [6, 6.07) is 23.0. The molecule has 0 aliphatic rings. The Labute approximate surface area is 165 Å². The highest BCUT2D eigenvalue weighted by Crippen LogP contribution is 2.27. The number of benzene rings is 3. The largest absolute Gasteiger partial charge is 0.323 e. The SMILES string of the molecule is CC(C)(C)c1ccc(-c2cccc(NC(=O)Nc3ccc(Cl)cc3)c2)cc1. The maximum absolute atomic E-state index is 12.2. The molecule has 3 aromatic carbocycles. The Morgan fingerprint density at radius 2 is 1.41 bits per heavy atom. The van der Waals surface area contributed by atoms with Gasteiger partial charge in [-0.25, -0.2) is 4.79 Å². The van der Waals surface area contributed by atoms with E-state index in [4.69, 9.17) is 11.6 Å². The van der Waals surface area contributed by atoms with Gasteiger partial charge in [0.15, 0.2) is 0 Å². The summed E-state index contributed by atoms with van der Waals surface area (Å²) in [5.74, 6) is 0. The van der Waals surface area contributed by atoms with E-state index in [1.54, 1.807) is 24.3 Å². The molecule has 0 fully saturated rings. The van der Waals surface area contributed by atoms with E-state index >= 15 is 0 Å². The van der Waals surface area contributed by atoms with Gasteiger partial charge < -0.3 is 10.6 Å². The lowest BCUT2D eigenvalue weighted by Crippen LogP contribution is -2.19. The zero-order chi connectivity index (χ0) is 19.4. The van der Waals surface area contributed by atoms with Crippen molar-refractivity contribution in [2.45, 2.75) is 26.2 Å². The minimum atomic E-state index is -0.294. The number of carbonyl (C=O) groups excluding carboxylic acids is 1. The molecule has 0 bridgehead atoms. The zero-order valence-electron chi connectivity index (χ0n) is 15.7. The number of nitrogens with one attached hydrogen (secondary N) is 2. The molecule has 0 unspecified atom stereocenters. The van der Waals surface area contributed by atoms with Gasteiger partial charge in [-0.1, -0.05) is 68.8 Å². The zero-order valence-corrected chi connectivity index (χ0v) is 16.5. The fourth-order valence-corrected chi connectivity index (χ4v) is 2.89. The molecule has 27 heavy (non-hydrogen) atoms. The molecule has 0 atom stereocenters. The van der Waals surface area contributed by atoms with Crippen molar-refractivity contribution in [3.05, 3.63) is 83.4 Å². The summed E-state index contributed by atoms with van der Waals surface area (Å²) < 4.78 is 0. The summed E-state index contributed by atoms with van der Waals surface area (Å²) in [6.07, 6.45) is 0. The Balaban J connectivity index is 1.71. The van der Waals surface area contributed by atoms with Crippen LogP contribution in [0.3, 0.4) is 0 Å². The predicted molar refractivity (Wildman–Crippen MR) is 115 cm³/mol. The number of hydrogen-bond acceptors (Lipinski definition) is 1. The predicted octanol–water partition coefficient (Wildman–Crippen LogP) is 6.95. The molecule has 3 aromatic rings. The lowest BCUT2D eigenvalue weighted by atomic mass is 9.86. The second kappa shape index (κ2) is 7.85. The van der Waals surface area contributed by atoms with Crippen molar-refractivity contribution in [1.82, 2.24) is 0 Å². The second-order valence-electron chi connectivity index (χ2n) is 7.49. The van der Waals surface area contributed by atoms with Gasteiger partial charge in [-0.05, 0) is 58.5 Å². The molecule has 0 heterocycles. The van der Waals surface area contributed by atoms with E-state index in [0.717, 1.165) is 16.8 Å². The van der Waals surface area contributed by atoms with Gasteiger partial charge in [-0.3, -0.25) is 0 Å². The number of urea groups is 1. The smallest absolute Gasteiger partial charge is 0.308 e. The first kappa shape index (κ1) is 19.0. The maximum Gasteiger partial charge on any atom is 0.323 e. The van der Waals surface area contributed by atoms with E-state index in [1.807, 2.05) is 24.3 Å². The van der Waals surface area contributed by atoms with Gasteiger partial charge in [0.2, 0.25) is 0 Å². The highest BCUT2D eigenvalue weighted by molar-refractivity contribution is 6.30. The van der Waals surface area contributed by atoms with Crippen molar-refractivity contribution in [2.24, 2.45) is 0 Å². The molecule has 3 rings (SSSR count). The Kier molecular flexibility index (Phi) is 5.52. The van der Waals surface area contributed by atoms with Crippen LogP contribution in [0.1, 0.15) is 26.3 Å². The first-order valence-electron chi connectivity index (χ1n) is 8.86. The first-order chi connectivity index (χ1) is 12.8. The van der Waals surface area contributed by atoms with Gasteiger partial charge in [0.1, 0.15) is 0 Å². The Bertz CT molecular complexity index is 926. The first-order valence-corrected chi connectivity index (χ1v) is 9.24. The number of amides is 2. The average molecular weight is 379 g/mol. The topological polar surface area (TPSA) is 41.1 Å². The second-order valence-corrected chi connectivity index (χ2v) is 7.93. The molecule has 0 saturated carbocycles. The van der Waals surface area contributed by atoms with Crippen LogP contribution < -0.4 is 10.6 Å². The number of hydrogen-bond donors (Lipinski definition) is 2. The average Bonchev–Trinajstić information content (AvgIpc) is 2.63. The van der Waals surface area contributed by atoms with Crippen LogP contribution in [0.2, 0.25) is 5.02 Å². The van der Waals surface area contributed by atoms with Crippen LogP contribution in [0.15, 0.2) is 72.8 Å². The van der Waals surface area contributed by atoms with E-state index in [9.17, 15) is 4.79 Å². The van der Waals surface area contributed by atoms with E-state index < -0.39 is 0 Å². The summed E-state index contributed by atoms with van der Waals surface area (Å²) in [5, 5.41) is 6.29. The summed E-state index contributed by atoms with van der Waals surface area (Å²) in [7, 11) is 0. The molecule has 2 N–H and O–H groups in total. The summed E-state index contributed by atoms with van der Waals surface area (Å²) in [4.78, 5) is 12.2. The van der Waals surface area contributed by atoms with Crippen LogP contribution in [0, 0.1) is 0 Å². The number of anilines is 2. The monoisotopic (exact) mass is 378 g/mol. The Morgan fingerprint density at radius 1 is 0.778 bits per heavy atom. The van der Waals surface area contributed by atoms with Crippen LogP contribution in [-0.4, -0.2) is 6.03 Å². The van der Waals surface area contributed by atoms with Crippen molar-refractivity contribution >= 4 is 29.0 Å². The third-order valence-corrected chi connectivity index (χ3v) is 4.56. The normalized spacial score (nSPS) is 11.1. The van der Waals surface area contributed by atoms with Crippen molar-refractivity contribution in [2.75, 3.05) is 10.6 Å². The summed E-state index contributed by atoms with van der Waals surface area (Å²) >= 11 is 5.86. The fourth-order valence-electron chi connectivity index (χ4n) is 2.77. The van der Waals surface area contributed by atoms with Crippen LogP contribution in [0.5, 0.6) is 0 Å². The van der Waals surface area contributed by atoms with Crippen LogP contribution in [-0.2, 0) is 5.41 Å². The molecule has 0 aromatic heterocycles. The van der Waals surface area contributed by atoms with Gasteiger partial charge >= 0.3 is 6.03 Å². The Hall–Kier alpha value is -2.78. The molecule has 2 amide bonds. The van der Waals surface area contributed by atoms with Gasteiger partial charge in [0, 0.05) is 16.4 Å². The van der Waals surface area contributed by atoms with Crippen LogP contribution in [0.25, 0.3) is 11.1 Å². The maximum atomic E-state index is 12.2. The summed E-state index contributed by atoms with van der Waals surface area (Å²) in [5.41, 5.74) is 5.01. The van der Waals surface area contributed by atoms with E-state index in [-0.39, 0.29) is 11.4 Å². The van der Waals surface area contributed by atoms with Gasteiger partial charge in [-0.2, -0.15) is 0 Å². The molecule has 0 aliphatic carbocycles. The van der Waals surface area contributed by atoms with Crippen LogP contribution >= 0.6 is 11.6 Å². The van der Waals surface area contributed by atoms with Crippen LogP contribution in [0.4, 0.5) is 16.2 Å². The molecule has 0 spiro atoms. The fraction of sp³-hybridized carbons (Fsp3) is 0.174. The summed E-state index contributed by atoms with van der Waals surface area (Å²) in [6.45, 7) is 6.60. The molecular weight excluding hydrogens is 356 g/mol. The molecular formula is C23H23ClN2O. The lowest BCUT2D eigenvalue weighted by molar-refractivity contribution is 0.262. The molecule has 0 radical (unpaired) electrons. The van der Waals surface area contributed by atoms with E-state index in [1.165, 1.54) is 5.56 Å². The highest BCUT2D eigenvalue weighted by Gasteiger charge is 2.13. The van der Waals surface area contributed by atoms with Crippen molar-refractivity contribution in [3.63, 3.8) is 0 Å². The van der Waals surface area contributed by atoms with Gasteiger partial charge in [-0.15, -0.1) is 0 Å². The van der Waals surface area contributed by atoms with Crippen molar-refractivity contribution < 1.29 is 4.79 Å². The number of carbonyl (C=O) groups is 1.